The number of carbonyl (C=O) groups is 3. The molecule has 16 heteroatoms. The minimum atomic E-state index is -4.62. The van der Waals surface area contributed by atoms with Crippen LogP contribution in [0.4, 0.5) is 18.9 Å². The van der Waals surface area contributed by atoms with E-state index in [2.05, 4.69) is 26.6 Å². The number of aromatic nitrogens is 5. The SMILES string of the molecule is COc1cc2nn(C3CCC(CN4CCC(c5cccc6c5n(C)c(=O)n6C5CCC(=O)NC5=O)CC4)CC3)cc2cc1NC(=O)c1cncc(C(F)(F)F)c1. The zero-order chi connectivity index (χ0) is 39.3. The summed E-state index contributed by atoms with van der Waals surface area (Å²) in [5, 5.41) is 10.7. The zero-order valence-electron chi connectivity index (χ0n) is 31.1. The van der Waals surface area contributed by atoms with Crippen molar-refractivity contribution in [2.45, 2.75) is 75.5 Å². The maximum atomic E-state index is 13.4. The van der Waals surface area contributed by atoms with Crippen LogP contribution >= 0.6 is 0 Å². The molecule has 0 spiro atoms. The fraction of sp³-hybridized carbons (Fsp3) is 0.450. The molecule has 3 fully saturated rings. The lowest BCUT2D eigenvalue weighted by Crippen LogP contribution is -2.44. The molecular weight excluding hydrogens is 729 g/mol. The number of nitrogens with zero attached hydrogens (tertiary/aromatic N) is 6. The lowest BCUT2D eigenvalue weighted by molar-refractivity contribution is -0.138. The van der Waals surface area contributed by atoms with Crippen molar-refractivity contribution in [1.82, 2.24) is 34.1 Å². The first kappa shape index (κ1) is 37.4. The summed E-state index contributed by atoms with van der Waals surface area (Å²) in [4.78, 5) is 57.0. The second kappa shape index (κ2) is 14.9. The van der Waals surface area contributed by atoms with Crippen molar-refractivity contribution < 1.29 is 32.3 Å². The second-order valence-corrected chi connectivity index (χ2v) is 15.3. The molecule has 1 atom stereocenters. The molecule has 56 heavy (non-hydrogen) atoms. The van der Waals surface area contributed by atoms with Gasteiger partial charge < -0.3 is 15.0 Å². The largest absolute Gasteiger partial charge is 0.494 e. The fourth-order valence-corrected chi connectivity index (χ4v) is 8.85. The number of hydrogen-bond donors (Lipinski definition) is 2. The highest BCUT2D eigenvalue weighted by Crippen LogP contribution is 2.38. The lowest BCUT2D eigenvalue weighted by atomic mass is 9.84. The number of carbonyl (C=O) groups excluding carboxylic acids is 3. The van der Waals surface area contributed by atoms with Crippen molar-refractivity contribution in [2.75, 3.05) is 32.1 Å². The number of halogens is 3. The van der Waals surface area contributed by atoms with Gasteiger partial charge in [0.25, 0.3) is 5.91 Å². The van der Waals surface area contributed by atoms with Gasteiger partial charge in [-0.15, -0.1) is 0 Å². The Morgan fingerprint density at radius 2 is 1.77 bits per heavy atom. The molecule has 1 unspecified atom stereocenters. The number of benzene rings is 2. The van der Waals surface area contributed by atoms with Gasteiger partial charge in [0.1, 0.15) is 11.8 Å². The van der Waals surface area contributed by atoms with Gasteiger partial charge in [0.2, 0.25) is 11.8 Å². The molecule has 3 aliphatic rings. The first-order valence-electron chi connectivity index (χ1n) is 19.0. The van der Waals surface area contributed by atoms with Crippen molar-refractivity contribution >= 4 is 45.3 Å². The Hall–Kier alpha value is -5.51. The van der Waals surface area contributed by atoms with Crippen LogP contribution in [0.1, 0.15) is 90.9 Å². The smallest absolute Gasteiger partial charge is 0.417 e. The van der Waals surface area contributed by atoms with Gasteiger partial charge in [-0.2, -0.15) is 18.3 Å². The topological polar surface area (TPSA) is 145 Å². The number of rotatable bonds is 8. The molecule has 0 bridgehead atoms. The van der Waals surface area contributed by atoms with Crippen molar-refractivity contribution in [3.63, 3.8) is 0 Å². The van der Waals surface area contributed by atoms with Gasteiger partial charge in [0, 0.05) is 50.1 Å². The van der Waals surface area contributed by atoms with E-state index in [0.29, 0.717) is 35.5 Å². The molecule has 2 saturated heterocycles. The molecule has 13 nitrogen and oxygen atoms in total. The number of alkyl halides is 3. The lowest BCUT2D eigenvalue weighted by Gasteiger charge is -2.37. The molecule has 2 N–H and O–H groups in total. The minimum Gasteiger partial charge on any atom is -0.494 e. The standard InChI is InChI=1S/C40H43F3N8O5/c1-48-36-29(4-3-5-32(36)51(39(48)55)33-10-11-35(52)46-38(33)54)24-12-14-49(15-13-24)21-23-6-8-28(9-7-23)50-22-26-17-31(34(56-2)18-30(26)47-50)45-37(53)25-16-27(20-44-19-25)40(41,42)43/h3-5,16-20,22-24,28,33H,6-15,21H2,1-2H3,(H,45,53)(H,46,52,54). The molecule has 1 aliphatic carbocycles. The Balaban J connectivity index is 0.877. The quantitative estimate of drug-likeness (QED) is 0.184. The number of hydrogen-bond acceptors (Lipinski definition) is 8. The van der Waals surface area contributed by atoms with Crippen LogP contribution in [0.25, 0.3) is 21.9 Å². The minimum absolute atomic E-state index is 0.204. The third-order valence-corrected chi connectivity index (χ3v) is 11.8. The van der Waals surface area contributed by atoms with Crippen molar-refractivity contribution in [3.05, 3.63) is 82.2 Å². The molecule has 294 valence electrons. The van der Waals surface area contributed by atoms with Crippen LogP contribution in [0.5, 0.6) is 5.75 Å². The van der Waals surface area contributed by atoms with E-state index in [4.69, 9.17) is 9.84 Å². The van der Waals surface area contributed by atoms with E-state index < -0.39 is 29.6 Å². The van der Waals surface area contributed by atoms with E-state index in [-0.39, 0.29) is 35.5 Å². The van der Waals surface area contributed by atoms with Crippen molar-refractivity contribution in [3.8, 4) is 5.75 Å². The van der Waals surface area contributed by atoms with E-state index in [1.165, 1.54) is 7.11 Å². The summed E-state index contributed by atoms with van der Waals surface area (Å²) in [6, 6.07) is 9.66. The average molecular weight is 773 g/mol. The monoisotopic (exact) mass is 772 g/mol. The Labute approximate surface area is 319 Å². The number of imide groups is 1. The number of likely N-dealkylation sites (tertiary alicyclic amines) is 1. The van der Waals surface area contributed by atoms with Crippen LogP contribution < -0.4 is 21.1 Å². The summed E-state index contributed by atoms with van der Waals surface area (Å²) >= 11 is 0. The second-order valence-electron chi connectivity index (χ2n) is 15.3. The predicted molar refractivity (Wildman–Crippen MR) is 201 cm³/mol. The van der Waals surface area contributed by atoms with Gasteiger partial charge in [-0.25, -0.2) is 4.79 Å². The highest BCUT2D eigenvalue weighted by molar-refractivity contribution is 6.06. The number of nitrogens with one attached hydrogen (secondary N) is 2. The number of para-hydroxylation sites is 1. The Bertz CT molecular complexity index is 2380. The van der Waals surface area contributed by atoms with Gasteiger partial charge in [0.05, 0.1) is 46.5 Å². The first-order valence-corrected chi connectivity index (χ1v) is 19.0. The number of ether oxygens (including phenoxy) is 1. The molecular formula is C40H43F3N8O5. The van der Waals surface area contributed by atoms with Gasteiger partial charge >= 0.3 is 11.9 Å². The molecule has 5 heterocycles. The van der Waals surface area contributed by atoms with Crippen LogP contribution in [0.15, 0.2) is 59.8 Å². The number of anilines is 1. The van der Waals surface area contributed by atoms with Gasteiger partial charge in [-0.3, -0.25) is 38.5 Å². The summed E-state index contributed by atoms with van der Waals surface area (Å²) in [5.41, 5.74) is 2.25. The number of imidazole rings is 1. The molecule has 0 radical (unpaired) electrons. The first-order chi connectivity index (χ1) is 26.9. The number of aryl methyl sites for hydroxylation is 1. The highest BCUT2D eigenvalue weighted by Gasteiger charge is 2.34. The van der Waals surface area contributed by atoms with Crippen LogP contribution in [0.2, 0.25) is 0 Å². The Morgan fingerprint density at radius 1 is 1.00 bits per heavy atom. The third kappa shape index (κ3) is 7.17. The van der Waals surface area contributed by atoms with E-state index in [0.717, 1.165) is 92.4 Å². The number of fused-ring (bicyclic) bond motifs is 2. The maximum Gasteiger partial charge on any atom is 0.417 e. The summed E-state index contributed by atoms with van der Waals surface area (Å²) in [6.45, 7) is 2.94. The van der Waals surface area contributed by atoms with Crippen LogP contribution in [0, 0.1) is 5.92 Å². The Kier molecular flexibility index (Phi) is 9.93. The van der Waals surface area contributed by atoms with Gasteiger partial charge in [-0.05, 0) is 93.6 Å². The highest BCUT2D eigenvalue weighted by atomic mass is 19.4. The van der Waals surface area contributed by atoms with E-state index >= 15 is 0 Å². The van der Waals surface area contributed by atoms with Crippen LogP contribution in [-0.4, -0.2) is 73.3 Å². The summed E-state index contributed by atoms with van der Waals surface area (Å²) in [5.74, 6) is -0.286. The van der Waals surface area contributed by atoms with E-state index in [9.17, 15) is 32.3 Å². The number of methoxy groups -OCH3 is 1. The molecule has 2 aromatic carbocycles. The molecule has 1 saturated carbocycles. The molecule has 2 aliphatic heterocycles. The van der Waals surface area contributed by atoms with E-state index in [1.54, 1.807) is 28.3 Å². The fourth-order valence-electron chi connectivity index (χ4n) is 8.85. The Morgan fingerprint density at radius 3 is 2.48 bits per heavy atom. The van der Waals surface area contributed by atoms with Crippen LogP contribution in [-0.2, 0) is 22.8 Å². The molecule has 3 amide bonds. The third-order valence-electron chi connectivity index (χ3n) is 11.8. The van der Waals surface area contributed by atoms with E-state index in [1.807, 2.05) is 23.0 Å². The average Bonchev–Trinajstić information content (AvgIpc) is 3.72. The van der Waals surface area contributed by atoms with Crippen molar-refractivity contribution in [2.24, 2.45) is 13.0 Å². The number of amides is 3. The molecule has 3 aromatic heterocycles. The van der Waals surface area contributed by atoms with Gasteiger partial charge in [0.15, 0.2) is 0 Å². The number of pyridine rings is 1. The number of piperidine rings is 2. The summed E-state index contributed by atoms with van der Waals surface area (Å²) in [6.07, 6.45) is 5.60. The normalized spacial score (nSPS) is 21.4. The predicted octanol–water partition coefficient (Wildman–Crippen LogP) is 5.95. The molecule has 5 aromatic rings. The zero-order valence-corrected chi connectivity index (χ0v) is 31.1. The van der Waals surface area contributed by atoms with Crippen molar-refractivity contribution in [1.29, 1.82) is 0 Å². The summed E-state index contributed by atoms with van der Waals surface area (Å²) < 4.78 is 50.3. The maximum absolute atomic E-state index is 13.4. The van der Waals surface area contributed by atoms with Crippen LogP contribution in [0.3, 0.4) is 0 Å². The molecule has 8 rings (SSSR count). The van der Waals surface area contributed by atoms with Gasteiger partial charge in [-0.1, -0.05) is 12.1 Å². The summed E-state index contributed by atoms with van der Waals surface area (Å²) in [7, 11) is 3.21.